The molecule has 0 aromatic rings. The van der Waals surface area contributed by atoms with Crippen LogP contribution in [0.4, 0.5) is 0 Å². The molecule has 0 saturated carbocycles. The molecule has 1 heterocycles. The highest BCUT2D eigenvalue weighted by atomic mass is 16.8. The number of nitrogens with zero attached hydrogens (tertiary/aromatic N) is 1. The van der Waals surface area contributed by atoms with Crippen molar-refractivity contribution in [3.63, 3.8) is 0 Å². The molecule has 4 heteroatoms. The molecular formula is C6H12N2O2. The molecule has 0 aromatic heterocycles. The number of quaternary nitrogens is 1. The Morgan fingerprint density at radius 1 is 1.70 bits per heavy atom. The molecule has 0 aliphatic carbocycles. The van der Waals surface area contributed by atoms with E-state index in [2.05, 4.69) is 10.4 Å². The van der Waals surface area contributed by atoms with Crippen LogP contribution in [-0.4, -0.2) is 17.7 Å². The first kappa shape index (κ1) is 7.37. The van der Waals surface area contributed by atoms with E-state index in [0.717, 1.165) is 0 Å². The van der Waals surface area contributed by atoms with Gasteiger partial charge in [-0.05, 0) is 13.8 Å². The summed E-state index contributed by atoms with van der Waals surface area (Å²) in [5.74, 6) is -0.309. The summed E-state index contributed by atoms with van der Waals surface area (Å²) in [7, 11) is 1.87. The minimum atomic E-state index is -0.309. The fraction of sp³-hybridized carbons (Fsp3) is 0.667. The summed E-state index contributed by atoms with van der Waals surface area (Å²) in [6.45, 7) is 4.01. The third-order valence-corrected chi connectivity index (χ3v) is 1.79. The lowest BCUT2D eigenvalue weighted by molar-refractivity contribution is -0.940. The van der Waals surface area contributed by atoms with Gasteiger partial charge >= 0.3 is 0 Å². The van der Waals surface area contributed by atoms with Crippen molar-refractivity contribution in [2.45, 2.75) is 19.9 Å². The van der Waals surface area contributed by atoms with Crippen LogP contribution in [0.2, 0.25) is 0 Å². The van der Waals surface area contributed by atoms with E-state index in [9.17, 15) is 5.11 Å². The van der Waals surface area contributed by atoms with Crippen LogP contribution >= 0.6 is 0 Å². The zero-order valence-corrected chi connectivity index (χ0v) is 6.42. The van der Waals surface area contributed by atoms with Gasteiger partial charge in [0.05, 0.1) is 7.05 Å². The first-order chi connectivity index (χ1) is 4.54. The number of hydrogen-bond donors (Lipinski definition) is 1. The van der Waals surface area contributed by atoms with Crippen LogP contribution in [0, 0.1) is 0 Å². The van der Waals surface area contributed by atoms with Crippen molar-refractivity contribution in [2.24, 2.45) is 0 Å². The second kappa shape index (κ2) is 2.14. The molecule has 58 valence electrons. The molecule has 0 saturated heterocycles. The highest BCUT2D eigenvalue weighted by Gasteiger charge is 2.26. The lowest BCUT2D eigenvalue weighted by Gasteiger charge is -2.30. The van der Waals surface area contributed by atoms with Gasteiger partial charge in [0.15, 0.2) is 0 Å². The van der Waals surface area contributed by atoms with Crippen LogP contribution in [-0.2, 0) is 4.84 Å². The molecule has 1 rings (SSSR count). The van der Waals surface area contributed by atoms with Crippen molar-refractivity contribution in [2.75, 3.05) is 7.05 Å². The molecule has 1 aliphatic heterocycles. The molecule has 1 atom stereocenters. The van der Waals surface area contributed by atoms with Crippen molar-refractivity contribution in [3.8, 4) is 0 Å². The first-order valence-electron chi connectivity index (χ1n) is 3.24. The van der Waals surface area contributed by atoms with Crippen LogP contribution in [0.3, 0.4) is 0 Å². The van der Waals surface area contributed by atoms with E-state index in [0.29, 0.717) is 10.6 Å². The molecule has 1 aliphatic rings. The molecule has 1 unspecified atom stereocenters. The van der Waals surface area contributed by atoms with E-state index < -0.39 is 0 Å². The lowest BCUT2D eigenvalue weighted by atomic mass is 10.3. The smallest absolute Gasteiger partial charge is 0.140 e. The molecule has 0 amide bonds. The molecule has 10 heavy (non-hydrogen) atoms. The van der Waals surface area contributed by atoms with Gasteiger partial charge in [-0.25, -0.2) is 4.59 Å². The monoisotopic (exact) mass is 144 g/mol. The zero-order chi connectivity index (χ0) is 7.78. The maximum Gasteiger partial charge on any atom is 0.140 e. The molecule has 0 radical (unpaired) electrons. The Hall–Kier alpha value is -0.740. The SMILES string of the molecule is CC(C)[N+]1(C)C=C([O-])ON1. The highest BCUT2D eigenvalue weighted by molar-refractivity contribution is 4.73. The molecule has 1 N–H and O–H groups in total. The minimum absolute atomic E-state index is 0.298. The highest BCUT2D eigenvalue weighted by Crippen LogP contribution is 2.13. The van der Waals surface area contributed by atoms with Gasteiger partial charge < -0.3 is 9.94 Å². The molecule has 0 fully saturated rings. The molecular weight excluding hydrogens is 132 g/mol. The van der Waals surface area contributed by atoms with Crippen LogP contribution < -0.4 is 10.7 Å². The lowest BCUT2D eigenvalue weighted by Crippen LogP contribution is -2.51. The fourth-order valence-corrected chi connectivity index (χ4v) is 0.669. The van der Waals surface area contributed by atoms with Crippen molar-refractivity contribution in [3.05, 3.63) is 12.1 Å². The normalized spacial score (nSPS) is 32.2. The number of rotatable bonds is 1. The third kappa shape index (κ3) is 1.08. The number of hydrogen-bond acceptors (Lipinski definition) is 3. The van der Waals surface area contributed by atoms with Crippen LogP contribution in [0.25, 0.3) is 0 Å². The molecule has 4 nitrogen and oxygen atoms in total. The summed E-state index contributed by atoms with van der Waals surface area (Å²) in [6, 6.07) is 0.298. The Morgan fingerprint density at radius 2 is 2.30 bits per heavy atom. The van der Waals surface area contributed by atoms with Gasteiger partial charge in [0.1, 0.15) is 18.2 Å². The zero-order valence-electron chi connectivity index (χ0n) is 6.42. The largest absolute Gasteiger partial charge is 0.540 e. The predicted molar refractivity (Wildman–Crippen MR) is 33.6 cm³/mol. The van der Waals surface area contributed by atoms with E-state index in [4.69, 9.17) is 0 Å². The fourth-order valence-electron chi connectivity index (χ4n) is 0.669. The maximum atomic E-state index is 10.6. The summed E-state index contributed by atoms with van der Waals surface area (Å²) in [5, 5.41) is 10.6. The predicted octanol–water partition coefficient (Wildman–Crippen LogP) is -0.550. The second-order valence-electron chi connectivity index (χ2n) is 2.88. The van der Waals surface area contributed by atoms with Gasteiger partial charge in [-0.1, -0.05) is 5.59 Å². The van der Waals surface area contributed by atoms with E-state index >= 15 is 0 Å². The Morgan fingerprint density at radius 3 is 2.50 bits per heavy atom. The van der Waals surface area contributed by atoms with Crippen molar-refractivity contribution in [1.82, 2.24) is 5.59 Å². The molecule has 0 spiro atoms. The standard InChI is InChI=1S/C6H12N2O2/c1-5(2)8(3)4-6(9)10-7-8/h4-5,7H,1-3H3. The van der Waals surface area contributed by atoms with Crippen molar-refractivity contribution in [1.29, 1.82) is 0 Å². The third-order valence-electron chi connectivity index (χ3n) is 1.79. The van der Waals surface area contributed by atoms with E-state index in [1.807, 2.05) is 20.9 Å². The van der Waals surface area contributed by atoms with E-state index in [1.54, 1.807) is 0 Å². The number of nitrogens with one attached hydrogen (secondary N) is 1. The topological polar surface area (TPSA) is 44.3 Å². The summed E-state index contributed by atoms with van der Waals surface area (Å²) >= 11 is 0. The van der Waals surface area contributed by atoms with Crippen LogP contribution in [0.1, 0.15) is 13.8 Å². The second-order valence-corrected chi connectivity index (χ2v) is 2.88. The van der Waals surface area contributed by atoms with Gasteiger partial charge in [-0.2, -0.15) is 0 Å². The van der Waals surface area contributed by atoms with Crippen molar-refractivity contribution < 1.29 is 14.5 Å². The van der Waals surface area contributed by atoms with Gasteiger partial charge in [-0.15, -0.1) is 0 Å². The summed E-state index contributed by atoms with van der Waals surface area (Å²) < 4.78 is 0.346. The summed E-state index contributed by atoms with van der Waals surface area (Å²) in [5.41, 5.74) is 2.61. The Kier molecular flexibility index (Phi) is 1.58. The summed E-state index contributed by atoms with van der Waals surface area (Å²) in [6.07, 6.45) is 1.50. The van der Waals surface area contributed by atoms with Gasteiger partial charge in [-0.3, -0.25) is 0 Å². The van der Waals surface area contributed by atoms with Crippen molar-refractivity contribution >= 4 is 0 Å². The van der Waals surface area contributed by atoms with Crippen LogP contribution in [0.5, 0.6) is 0 Å². The molecule has 0 aromatic carbocycles. The van der Waals surface area contributed by atoms with E-state index in [1.165, 1.54) is 6.20 Å². The Balaban J connectivity index is 2.72. The van der Waals surface area contributed by atoms with Crippen LogP contribution in [0.15, 0.2) is 12.1 Å². The average Bonchev–Trinajstić information content (AvgIpc) is 2.13. The van der Waals surface area contributed by atoms with Gasteiger partial charge in [0.25, 0.3) is 0 Å². The Bertz CT molecular complexity index is 167. The average molecular weight is 144 g/mol. The quantitative estimate of drug-likeness (QED) is 0.502. The Labute approximate surface area is 60.2 Å². The minimum Gasteiger partial charge on any atom is -0.540 e. The summed E-state index contributed by atoms with van der Waals surface area (Å²) in [4.78, 5) is 4.56. The maximum absolute atomic E-state index is 10.6. The van der Waals surface area contributed by atoms with Gasteiger partial charge in [0.2, 0.25) is 0 Å². The molecule has 0 bridgehead atoms. The first-order valence-corrected chi connectivity index (χ1v) is 3.24. The van der Waals surface area contributed by atoms with E-state index in [-0.39, 0.29) is 5.95 Å². The van der Waals surface area contributed by atoms with Gasteiger partial charge in [0, 0.05) is 0 Å².